The van der Waals surface area contributed by atoms with Gasteiger partial charge in [-0.3, -0.25) is 9.69 Å². The predicted octanol–water partition coefficient (Wildman–Crippen LogP) is 2.82. The van der Waals surface area contributed by atoms with Crippen molar-refractivity contribution in [2.45, 2.75) is 25.9 Å². The van der Waals surface area contributed by atoms with Gasteiger partial charge in [0.05, 0.1) is 0 Å². The van der Waals surface area contributed by atoms with E-state index in [2.05, 4.69) is 46.4 Å². The van der Waals surface area contributed by atoms with Crippen LogP contribution in [0.5, 0.6) is 0 Å². The number of aryl methyl sites for hydroxylation is 1. The Bertz CT molecular complexity index is 722. The van der Waals surface area contributed by atoms with Gasteiger partial charge in [0.25, 0.3) is 0 Å². The van der Waals surface area contributed by atoms with Gasteiger partial charge >= 0.3 is 0 Å². The molecule has 27 heavy (non-hydrogen) atoms. The van der Waals surface area contributed by atoms with Crippen molar-refractivity contribution < 1.29 is 9.18 Å². The third-order valence-electron chi connectivity index (χ3n) is 5.07. The first-order valence-electron chi connectivity index (χ1n) is 9.58. The molecular formula is C22H28FN3O. The molecule has 1 fully saturated rings. The van der Waals surface area contributed by atoms with E-state index >= 15 is 0 Å². The largest absolute Gasteiger partial charge is 0.352 e. The molecule has 1 N–H and O–H groups in total. The van der Waals surface area contributed by atoms with Crippen LogP contribution in [0.2, 0.25) is 0 Å². The van der Waals surface area contributed by atoms with Crippen LogP contribution < -0.4 is 5.32 Å². The molecule has 3 rings (SSSR count). The summed E-state index contributed by atoms with van der Waals surface area (Å²) in [5.74, 6) is -0.236. The summed E-state index contributed by atoms with van der Waals surface area (Å²) in [6.45, 7) is 6.00. The van der Waals surface area contributed by atoms with Gasteiger partial charge in [0, 0.05) is 45.7 Å². The molecule has 1 saturated heterocycles. The number of halogens is 1. The predicted molar refractivity (Wildman–Crippen MR) is 106 cm³/mol. The third-order valence-corrected chi connectivity index (χ3v) is 5.07. The van der Waals surface area contributed by atoms with E-state index in [1.54, 1.807) is 12.1 Å². The zero-order valence-electron chi connectivity index (χ0n) is 16.0. The zero-order chi connectivity index (χ0) is 19.1. The van der Waals surface area contributed by atoms with Crippen LogP contribution in [0.15, 0.2) is 48.5 Å². The number of nitrogens with zero attached hydrogens (tertiary/aromatic N) is 2. The van der Waals surface area contributed by atoms with E-state index in [0.717, 1.165) is 43.9 Å². The Morgan fingerprint density at radius 1 is 0.926 bits per heavy atom. The number of amides is 1. The normalized spacial score (nSPS) is 15.6. The molecule has 0 atom stereocenters. The highest BCUT2D eigenvalue weighted by molar-refractivity contribution is 5.76. The molecule has 1 amide bonds. The summed E-state index contributed by atoms with van der Waals surface area (Å²) in [5.41, 5.74) is 3.39. The molecule has 0 saturated carbocycles. The van der Waals surface area contributed by atoms with Gasteiger partial charge in [0.2, 0.25) is 5.91 Å². The first-order chi connectivity index (χ1) is 13.1. The molecule has 0 spiro atoms. The lowest BCUT2D eigenvalue weighted by Crippen LogP contribution is -2.43. The maximum atomic E-state index is 12.9. The first-order valence-corrected chi connectivity index (χ1v) is 9.58. The van der Waals surface area contributed by atoms with Crippen molar-refractivity contribution in [2.24, 2.45) is 0 Å². The van der Waals surface area contributed by atoms with E-state index in [0.29, 0.717) is 19.4 Å². The highest BCUT2D eigenvalue weighted by Crippen LogP contribution is 2.10. The van der Waals surface area contributed by atoms with Gasteiger partial charge in [-0.05, 0) is 42.3 Å². The first kappa shape index (κ1) is 19.5. The number of hydrogen-bond donors (Lipinski definition) is 1. The van der Waals surface area contributed by atoms with Crippen LogP contribution >= 0.6 is 0 Å². The van der Waals surface area contributed by atoms with Crippen molar-refractivity contribution in [3.8, 4) is 0 Å². The van der Waals surface area contributed by atoms with Crippen LogP contribution in [0.1, 0.15) is 23.1 Å². The smallest absolute Gasteiger partial charge is 0.220 e. The summed E-state index contributed by atoms with van der Waals surface area (Å²) in [6, 6.07) is 14.8. The quantitative estimate of drug-likeness (QED) is 0.815. The molecule has 0 bridgehead atoms. The Morgan fingerprint density at radius 2 is 1.52 bits per heavy atom. The highest BCUT2D eigenvalue weighted by atomic mass is 19.1. The van der Waals surface area contributed by atoms with Crippen molar-refractivity contribution in [2.75, 3.05) is 33.2 Å². The summed E-state index contributed by atoms with van der Waals surface area (Å²) in [5, 5.41) is 2.96. The fraction of sp³-hybridized carbons (Fsp3) is 0.409. The fourth-order valence-corrected chi connectivity index (χ4v) is 3.22. The van der Waals surface area contributed by atoms with Crippen molar-refractivity contribution >= 4 is 5.91 Å². The van der Waals surface area contributed by atoms with Crippen LogP contribution in [0.25, 0.3) is 0 Å². The van der Waals surface area contributed by atoms with Crippen molar-refractivity contribution in [1.29, 1.82) is 0 Å². The van der Waals surface area contributed by atoms with Gasteiger partial charge in [0.1, 0.15) is 5.82 Å². The molecule has 2 aromatic rings. The van der Waals surface area contributed by atoms with Gasteiger partial charge in [-0.15, -0.1) is 0 Å². The van der Waals surface area contributed by atoms with Crippen molar-refractivity contribution in [3.63, 3.8) is 0 Å². The number of rotatable bonds is 7. The van der Waals surface area contributed by atoms with Crippen LogP contribution in [0.4, 0.5) is 4.39 Å². The monoisotopic (exact) mass is 369 g/mol. The number of piperazine rings is 1. The van der Waals surface area contributed by atoms with Gasteiger partial charge < -0.3 is 10.2 Å². The molecule has 0 aliphatic carbocycles. The maximum absolute atomic E-state index is 12.9. The van der Waals surface area contributed by atoms with Crippen LogP contribution in [0, 0.1) is 5.82 Å². The third kappa shape index (κ3) is 6.45. The van der Waals surface area contributed by atoms with E-state index < -0.39 is 0 Å². The minimum absolute atomic E-state index is 0.0147. The highest BCUT2D eigenvalue weighted by Gasteiger charge is 2.13. The second-order valence-electron chi connectivity index (χ2n) is 7.30. The van der Waals surface area contributed by atoms with E-state index in [9.17, 15) is 9.18 Å². The topological polar surface area (TPSA) is 35.6 Å². The maximum Gasteiger partial charge on any atom is 0.220 e. The number of carbonyl (C=O) groups excluding carboxylic acids is 1. The van der Waals surface area contributed by atoms with E-state index in [-0.39, 0.29) is 11.7 Å². The zero-order valence-corrected chi connectivity index (χ0v) is 16.0. The number of nitrogens with one attached hydrogen (secondary N) is 1. The minimum atomic E-state index is -0.251. The van der Waals surface area contributed by atoms with E-state index in [1.807, 2.05) is 0 Å². The molecule has 0 radical (unpaired) electrons. The Balaban J connectivity index is 1.39. The second kappa shape index (κ2) is 9.62. The van der Waals surface area contributed by atoms with Gasteiger partial charge in [-0.1, -0.05) is 36.4 Å². The Morgan fingerprint density at radius 3 is 2.19 bits per heavy atom. The summed E-state index contributed by atoms with van der Waals surface area (Å²) >= 11 is 0. The van der Waals surface area contributed by atoms with Crippen molar-refractivity contribution in [3.05, 3.63) is 71.0 Å². The molecular weight excluding hydrogens is 341 g/mol. The van der Waals surface area contributed by atoms with Crippen LogP contribution in [0.3, 0.4) is 0 Å². The summed E-state index contributed by atoms with van der Waals surface area (Å²) in [4.78, 5) is 16.9. The van der Waals surface area contributed by atoms with Crippen LogP contribution in [-0.2, 0) is 24.3 Å². The summed E-state index contributed by atoms with van der Waals surface area (Å²) < 4.78 is 12.9. The lowest BCUT2D eigenvalue weighted by molar-refractivity contribution is -0.121. The molecule has 4 nitrogen and oxygen atoms in total. The molecule has 144 valence electrons. The molecule has 1 aliphatic rings. The molecule has 1 aliphatic heterocycles. The van der Waals surface area contributed by atoms with Gasteiger partial charge in [-0.2, -0.15) is 0 Å². The summed E-state index contributed by atoms with van der Waals surface area (Å²) in [6.07, 6.45) is 1.03. The second-order valence-corrected chi connectivity index (χ2v) is 7.30. The lowest BCUT2D eigenvalue weighted by Gasteiger charge is -2.32. The molecule has 5 heteroatoms. The number of likely N-dealkylation sites (N-methyl/N-ethyl adjacent to an activating group) is 1. The SMILES string of the molecule is CN1CCN(Cc2ccc(CNC(=O)CCc3ccc(F)cc3)cc2)CC1. The molecule has 1 heterocycles. The Labute approximate surface area is 161 Å². The van der Waals surface area contributed by atoms with Gasteiger partial charge in [-0.25, -0.2) is 4.39 Å². The van der Waals surface area contributed by atoms with Crippen LogP contribution in [-0.4, -0.2) is 48.9 Å². The van der Waals surface area contributed by atoms with Gasteiger partial charge in [0.15, 0.2) is 0 Å². The number of carbonyl (C=O) groups is 1. The lowest BCUT2D eigenvalue weighted by atomic mass is 10.1. The minimum Gasteiger partial charge on any atom is -0.352 e. The Hall–Kier alpha value is -2.24. The number of benzene rings is 2. The molecule has 0 unspecified atom stereocenters. The standard InChI is InChI=1S/C22H28FN3O/c1-25-12-14-26(15-13-25)17-20-4-2-19(3-5-20)16-24-22(27)11-8-18-6-9-21(23)10-7-18/h2-7,9-10H,8,11-17H2,1H3,(H,24,27). The van der Waals surface area contributed by atoms with E-state index in [1.165, 1.54) is 17.7 Å². The average molecular weight is 369 g/mol. The van der Waals surface area contributed by atoms with Crippen molar-refractivity contribution in [1.82, 2.24) is 15.1 Å². The Kier molecular flexibility index (Phi) is 6.96. The number of hydrogen-bond acceptors (Lipinski definition) is 3. The fourth-order valence-electron chi connectivity index (χ4n) is 3.22. The molecule has 2 aromatic carbocycles. The summed E-state index contributed by atoms with van der Waals surface area (Å²) in [7, 11) is 2.17. The average Bonchev–Trinajstić information content (AvgIpc) is 2.69. The molecule has 0 aromatic heterocycles. The van der Waals surface area contributed by atoms with E-state index in [4.69, 9.17) is 0 Å².